The fourth-order valence-electron chi connectivity index (χ4n) is 3.87. The molecule has 0 bridgehead atoms. The van der Waals surface area contributed by atoms with Gasteiger partial charge in [-0.1, -0.05) is 48.9 Å². The van der Waals surface area contributed by atoms with Crippen LogP contribution in [0, 0.1) is 5.92 Å². The largest absolute Gasteiger partial charge is 0.341 e. The molecule has 0 spiro atoms. The van der Waals surface area contributed by atoms with E-state index in [-0.39, 0.29) is 11.8 Å². The van der Waals surface area contributed by atoms with E-state index in [9.17, 15) is 9.59 Å². The van der Waals surface area contributed by atoms with Gasteiger partial charge in [-0.05, 0) is 42.5 Å². The van der Waals surface area contributed by atoms with Crippen molar-refractivity contribution in [1.82, 2.24) is 9.80 Å². The van der Waals surface area contributed by atoms with Gasteiger partial charge in [-0.3, -0.25) is 9.59 Å². The Bertz CT molecular complexity index is 797. The molecule has 2 amide bonds. The van der Waals surface area contributed by atoms with Crippen LogP contribution in [0.1, 0.15) is 36.0 Å². The molecule has 140 valence electrons. The maximum absolute atomic E-state index is 12.9. The topological polar surface area (TPSA) is 40.6 Å². The third kappa shape index (κ3) is 3.90. The van der Waals surface area contributed by atoms with Gasteiger partial charge >= 0.3 is 0 Å². The van der Waals surface area contributed by atoms with Crippen molar-refractivity contribution in [2.24, 2.45) is 5.92 Å². The van der Waals surface area contributed by atoms with Gasteiger partial charge in [-0.15, -0.1) is 0 Å². The molecule has 0 atom stereocenters. The molecule has 1 saturated carbocycles. The Morgan fingerprint density at radius 3 is 2.00 bits per heavy atom. The molecule has 27 heavy (non-hydrogen) atoms. The first-order valence-electron chi connectivity index (χ1n) is 9.96. The van der Waals surface area contributed by atoms with Gasteiger partial charge in [0.1, 0.15) is 0 Å². The van der Waals surface area contributed by atoms with Crippen LogP contribution in [0.25, 0.3) is 11.1 Å². The molecule has 2 aromatic rings. The maximum atomic E-state index is 12.9. The van der Waals surface area contributed by atoms with Gasteiger partial charge in [-0.2, -0.15) is 0 Å². The molecule has 0 aromatic heterocycles. The molecule has 0 N–H and O–H groups in total. The van der Waals surface area contributed by atoms with E-state index in [1.807, 2.05) is 52.3 Å². The van der Waals surface area contributed by atoms with Crippen molar-refractivity contribution in [3.05, 3.63) is 60.2 Å². The highest BCUT2D eigenvalue weighted by atomic mass is 16.2. The Hall–Kier alpha value is -2.62. The molecule has 0 unspecified atom stereocenters. The minimum absolute atomic E-state index is 0.0626. The van der Waals surface area contributed by atoms with Crippen LogP contribution in [0.2, 0.25) is 0 Å². The van der Waals surface area contributed by atoms with E-state index in [0.29, 0.717) is 31.1 Å². The minimum Gasteiger partial charge on any atom is -0.341 e. The molecular weight excluding hydrogens is 336 g/mol. The normalized spacial score (nSPS) is 17.9. The zero-order valence-corrected chi connectivity index (χ0v) is 15.6. The zero-order valence-electron chi connectivity index (χ0n) is 15.6. The number of rotatable bonds is 3. The molecule has 1 heterocycles. The van der Waals surface area contributed by atoms with Crippen LogP contribution in [0.5, 0.6) is 0 Å². The SMILES string of the molecule is O=C(c1ccc(-c2ccccc2)cc1)N1CCCN(C(=O)C2CCC2)CC1. The average Bonchev–Trinajstić information content (AvgIpc) is 2.93. The van der Waals surface area contributed by atoms with Crippen molar-refractivity contribution in [1.29, 1.82) is 0 Å². The summed E-state index contributed by atoms with van der Waals surface area (Å²) in [6.07, 6.45) is 4.09. The van der Waals surface area contributed by atoms with Gasteiger partial charge in [0.05, 0.1) is 0 Å². The van der Waals surface area contributed by atoms with Crippen LogP contribution >= 0.6 is 0 Å². The van der Waals surface area contributed by atoms with Crippen molar-refractivity contribution in [2.75, 3.05) is 26.2 Å². The number of carbonyl (C=O) groups excluding carboxylic acids is 2. The van der Waals surface area contributed by atoms with Crippen molar-refractivity contribution < 1.29 is 9.59 Å². The van der Waals surface area contributed by atoms with Gasteiger partial charge in [0.2, 0.25) is 5.91 Å². The fourth-order valence-corrected chi connectivity index (χ4v) is 3.87. The second-order valence-electron chi connectivity index (χ2n) is 7.54. The van der Waals surface area contributed by atoms with Crippen molar-refractivity contribution >= 4 is 11.8 Å². The van der Waals surface area contributed by atoms with E-state index < -0.39 is 0 Å². The quantitative estimate of drug-likeness (QED) is 0.833. The predicted molar refractivity (Wildman–Crippen MR) is 106 cm³/mol. The summed E-state index contributed by atoms with van der Waals surface area (Å²) in [6, 6.07) is 18.0. The molecule has 1 aliphatic carbocycles. The molecule has 0 radical (unpaired) electrons. The first-order chi connectivity index (χ1) is 13.2. The Morgan fingerprint density at radius 1 is 0.704 bits per heavy atom. The minimum atomic E-state index is 0.0626. The number of hydrogen-bond acceptors (Lipinski definition) is 2. The van der Waals surface area contributed by atoms with E-state index in [4.69, 9.17) is 0 Å². The summed E-state index contributed by atoms with van der Waals surface area (Å²) in [6.45, 7) is 2.76. The molecule has 2 aliphatic rings. The lowest BCUT2D eigenvalue weighted by Gasteiger charge is -2.31. The summed E-state index contributed by atoms with van der Waals surface area (Å²) in [5, 5.41) is 0. The summed E-state index contributed by atoms with van der Waals surface area (Å²) in [5.41, 5.74) is 2.98. The molecule has 2 aromatic carbocycles. The monoisotopic (exact) mass is 362 g/mol. The highest BCUT2D eigenvalue weighted by Gasteiger charge is 2.31. The second-order valence-corrected chi connectivity index (χ2v) is 7.54. The van der Waals surface area contributed by atoms with Crippen LogP contribution in [-0.4, -0.2) is 47.8 Å². The first kappa shape index (κ1) is 17.8. The van der Waals surface area contributed by atoms with Crippen LogP contribution < -0.4 is 0 Å². The van der Waals surface area contributed by atoms with Gasteiger partial charge in [0.15, 0.2) is 0 Å². The lowest BCUT2D eigenvalue weighted by atomic mass is 9.84. The Balaban J connectivity index is 1.39. The molecule has 1 aliphatic heterocycles. The Morgan fingerprint density at radius 2 is 1.33 bits per heavy atom. The van der Waals surface area contributed by atoms with Gasteiger partial charge < -0.3 is 9.80 Å². The highest BCUT2D eigenvalue weighted by molar-refractivity contribution is 5.94. The van der Waals surface area contributed by atoms with E-state index in [1.165, 1.54) is 6.42 Å². The average molecular weight is 362 g/mol. The molecule has 4 heteroatoms. The first-order valence-corrected chi connectivity index (χ1v) is 9.96. The van der Waals surface area contributed by atoms with Crippen molar-refractivity contribution in [2.45, 2.75) is 25.7 Å². The number of nitrogens with zero attached hydrogens (tertiary/aromatic N) is 2. The van der Waals surface area contributed by atoms with Crippen molar-refractivity contribution in [3.63, 3.8) is 0 Å². The smallest absolute Gasteiger partial charge is 0.253 e. The Labute approximate surface area is 160 Å². The van der Waals surface area contributed by atoms with E-state index in [2.05, 4.69) is 12.1 Å². The molecular formula is C23H26N2O2. The van der Waals surface area contributed by atoms with Crippen LogP contribution in [0.4, 0.5) is 0 Å². The van der Waals surface area contributed by atoms with Crippen LogP contribution in [-0.2, 0) is 4.79 Å². The third-order valence-electron chi connectivity index (χ3n) is 5.79. The van der Waals surface area contributed by atoms with Gasteiger partial charge in [0.25, 0.3) is 5.91 Å². The van der Waals surface area contributed by atoms with Crippen molar-refractivity contribution in [3.8, 4) is 11.1 Å². The highest BCUT2D eigenvalue weighted by Crippen LogP contribution is 2.28. The summed E-state index contributed by atoms with van der Waals surface area (Å²) >= 11 is 0. The maximum Gasteiger partial charge on any atom is 0.253 e. The van der Waals surface area contributed by atoms with Crippen LogP contribution in [0.3, 0.4) is 0 Å². The van der Waals surface area contributed by atoms with Gasteiger partial charge in [-0.25, -0.2) is 0 Å². The number of benzene rings is 2. The fraction of sp³-hybridized carbons (Fsp3) is 0.391. The summed E-state index contributed by atoms with van der Waals surface area (Å²) in [4.78, 5) is 29.2. The van der Waals surface area contributed by atoms with E-state index >= 15 is 0 Å². The molecule has 4 rings (SSSR count). The lowest BCUT2D eigenvalue weighted by Crippen LogP contribution is -2.41. The number of amides is 2. The Kier molecular flexibility index (Phi) is 5.23. The van der Waals surface area contributed by atoms with E-state index in [1.54, 1.807) is 0 Å². The second kappa shape index (κ2) is 7.95. The van der Waals surface area contributed by atoms with Crippen LogP contribution in [0.15, 0.2) is 54.6 Å². The standard InChI is InChI=1S/C23H26N2O2/c26-22(20-8-4-9-20)24-14-5-15-25(17-16-24)23(27)21-12-10-19(11-13-21)18-6-2-1-3-7-18/h1-3,6-7,10-13,20H,4-5,8-9,14-17H2. The predicted octanol–water partition coefficient (Wildman–Crippen LogP) is 3.83. The molecule has 4 nitrogen and oxygen atoms in total. The number of carbonyl (C=O) groups is 2. The molecule has 2 fully saturated rings. The number of hydrogen-bond donors (Lipinski definition) is 0. The lowest BCUT2D eigenvalue weighted by molar-refractivity contribution is -0.138. The van der Waals surface area contributed by atoms with Gasteiger partial charge in [0, 0.05) is 37.7 Å². The van der Waals surface area contributed by atoms with E-state index in [0.717, 1.165) is 36.9 Å². The third-order valence-corrected chi connectivity index (χ3v) is 5.79. The molecule has 1 saturated heterocycles. The summed E-state index contributed by atoms with van der Waals surface area (Å²) < 4.78 is 0. The summed E-state index contributed by atoms with van der Waals surface area (Å²) in [5.74, 6) is 0.591. The summed E-state index contributed by atoms with van der Waals surface area (Å²) in [7, 11) is 0. The zero-order chi connectivity index (χ0) is 18.6.